The van der Waals surface area contributed by atoms with Crippen LogP contribution in [0.15, 0.2) is 30.3 Å². The van der Waals surface area contributed by atoms with Crippen molar-refractivity contribution in [3.8, 4) is 0 Å². The van der Waals surface area contributed by atoms with Crippen LogP contribution in [0.5, 0.6) is 0 Å². The maximum Gasteiger partial charge on any atom is 0.372 e. The molecule has 0 aliphatic carbocycles. The molecule has 4 heteroatoms. The van der Waals surface area contributed by atoms with Crippen LogP contribution in [0.4, 0.5) is 0 Å². The average Bonchev–Trinajstić information content (AvgIpc) is 2.06. The summed E-state index contributed by atoms with van der Waals surface area (Å²) in [6.07, 6.45) is -0.0316. The molecule has 63 valence electrons. The molecule has 1 aromatic carbocycles. The monoisotopic (exact) mass is 203 g/mol. The van der Waals surface area contributed by atoms with Crippen LogP contribution in [-0.2, 0) is 16.0 Å². The Morgan fingerprint density at radius 2 is 1.69 bits per heavy atom. The largest absolute Gasteiger partial charge is 0.475 e. The van der Waals surface area contributed by atoms with E-state index in [-0.39, 0.29) is 57.8 Å². The van der Waals surface area contributed by atoms with Gasteiger partial charge in [0.15, 0.2) is 0 Å². The van der Waals surface area contributed by atoms with E-state index in [9.17, 15) is 9.59 Å². The third-order valence-electron chi connectivity index (χ3n) is 1.45. The first kappa shape index (κ1) is 13.0. The topological polar surface area (TPSA) is 54.4 Å². The summed E-state index contributed by atoms with van der Waals surface area (Å²) < 4.78 is 0. The SMILES string of the molecule is O=C(O)C(=O)Cc1ccccc1.[K]. The number of benzene rings is 1. The third-order valence-corrected chi connectivity index (χ3v) is 1.45. The van der Waals surface area contributed by atoms with Gasteiger partial charge in [-0.15, -0.1) is 0 Å². The number of Topliss-reactive ketones (excluding diaryl/α,β-unsaturated/α-hetero) is 1. The standard InChI is InChI=1S/C9H8O3.K/c10-8(9(11)12)6-7-4-2-1-3-5-7;/h1-5H,6H2,(H,11,12);. The van der Waals surface area contributed by atoms with Crippen LogP contribution in [0.25, 0.3) is 0 Å². The molecule has 0 heterocycles. The number of ketones is 1. The van der Waals surface area contributed by atoms with Gasteiger partial charge in [-0.2, -0.15) is 0 Å². The van der Waals surface area contributed by atoms with Crippen molar-refractivity contribution in [2.75, 3.05) is 0 Å². The molecule has 0 atom stereocenters. The third kappa shape index (κ3) is 4.68. The molecule has 0 amide bonds. The fourth-order valence-electron chi connectivity index (χ4n) is 0.857. The van der Waals surface area contributed by atoms with Crippen LogP contribution in [0.2, 0.25) is 0 Å². The van der Waals surface area contributed by atoms with Crippen LogP contribution < -0.4 is 0 Å². The predicted molar refractivity (Wildman–Crippen MR) is 48.5 cm³/mol. The predicted octanol–water partition coefficient (Wildman–Crippen LogP) is 0.502. The zero-order valence-electron chi connectivity index (χ0n) is 7.36. The van der Waals surface area contributed by atoms with Crippen LogP contribution in [0.1, 0.15) is 5.56 Å². The number of rotatable bonds is 3. The van der Waals surface area contributed by atoms with Crippen molar-refractivity contribution in [3.63, 3.8) is 0 Å². The van der Waals surface area contributed by atoms with Crippen molar-refractivity contribution in [2.45, 2.75) is 6.42 Å². The van der Waals surface area contributed by atoms with Gasteiger partial charge in [0.05, 0.1) is 0 Å². The fraction of sp³-hybridized carbons (Fsp3) is 0.111. The van der Waals surface area contributed by atoms with E-state index in [1.54, 1.807) is 24.3 Å². The minimum Gasteiger partial charge on any atom is -0.475 e. The van der Waals surface area contributed by atoms with Crippen LogP contribution in [0.3, 0.4) is 0 Å². The Labute approximate surface area is 119 Å². The summed E-state index contributed by atoms with van der Waals surface area (Å²) in [7, 11) is 0. The molecule has 0 saturated carbocycles. The molecule has 0 fully saturated rings. The molecule has 1 rings (SSSR count). The van der Waals surface area contributed by atoms with Crippen LogP contribution >= 0.6 is 0 Å². The molecule has 1 radical (unpaired) electrons. The van der Waals surface area contributed by atoms with E-state index in [0.717, 1.165) is 5.56 Å². The number of carboxylic acid groups (broad SMARTS) is 1. The number of aliphatic carboxylic acids is 1. The molecule has 0 aromatic heterocycles. The smallest absolute Gasteiger partial charge is 0.372 e. The minimum atomic E-state index is -1.38. The van der Waals surface area contributed by atoms with Crippen LogP contribution in [-0.4, -0.2) is 68.2 Å². The van der Waals surface area contributed by atoms with E-state index in [4.69, 9.17) is 5.11 Å². The number of hydrogen-bond donors (Lipinski definition) is 1. The quantitative estimate of drug-likeness (QED) is 0.575. The molecule has 0 spiro atoms. The summed E-state index contributed by atoms with van der Waals surface area (Å²) in [5, 5.41) is 8.29. The molecule has 0 aliphatic rings. The van der Waals surface area contributed by atoms with E-state index < -0.39 is 11.8 Å². The van der Waals surface area contributed by atoms with Crippen molar-refractivity contribution >= 4 is 63.1 Å². The molecule has 1 N–H and O–H groups in total. The number of carbonyl (C=O) groups is 2. The van der Waals surface area contributed by atoms with Gasteiger partial charge in [0.2, 0.25) is 5.78 Å². The van der Waals surface area contributed by atoms with Crippen molar-refractivity contribution in [1.82, 2.24) is 0 Å². The van der Waals surface area contributed by atoms with Gasteiger partial charge in [-0.1, -0.05) is 30.3 Å². The van der Waals surface area contributed by atoms with Gasteiger partial charge in [-0.25, -0.2) is 4.79 Å². The van der Waals surface area contributed by atoms with Crippen LogP contribution in [0, 0.1) is 0 Å². The molecule has 0 aliphatic heterocycles. The fourth-order valence-corrected chi connectivity index (χ4v) is 0.857. The van der Waals surface area contributed by atoms with Crippen molar-refractivity contribution < 1.29 is 14.7 Å². The Morgan fingerprint density at radius 3 is 2.15 bits per heavy atom. The van der Waals surface area contributed by atoms with Crippen molar-refractivity contribution in [3.05, 3.63) is 35.9 Å². The van der Waals surface area contributed by atoms with Gasteiger partial charge >= 0.3 is 5.97 Å². The molecule has 13 heavy (non-hydrogen) atoms. The minimum absolute atomic E-state index is 0. The van der Waals surface area contributed by atoms with E-state index in [1.165, 1.54) is 0 Å². The Hall–Kier alpha value is -0.00364. The maximum absolute atomic E-state index is 10.7. The molecular formula is C9H8KO3. The van der Waals surface area contributed by atoms with Gasteiger partial charge in [0, 0.05) is 57.8 Å². The summed E-state index contributed by atoms with van der Waals surface area (Å²) >= 11 is 0. The molecule has 0 unspecified atom stereocenters. The van der Waals surface area contributed by atoms with E-state index in [2.05, 4.69) is 0 Å². The number of carboxylic acids is 1. The Balaban J connectivity index is 0.00000144. The Morgan fingerprint density at radius 1 is 1.15 bits per heavy atom. The van der Waals surface area contributed by atoms with E-state index >= 15 is 0 Å². The normalized spacial score (nSPS) is 8.62. The summed E-state index contributed by atoms with van der Waals surface area (Å²) in [6, 6.07) is 8.80. The van der Waals surface area contributed by atoms with Gasteiger partial charge < -0.3 is 5.11 Å². The zero-order chi connectivity index (χ0) is 8.97. The summed E-state index contributed by atoms with van der Waals surface area (Å²) in [5.74, 6) is -2.15. The summed E-state index contributed by atoms with van der Waals surface area (Å²) in [4.78, 5) is 20.9. The number of hydrogen-bond acceptors (Lipinski definition) is 2. The van der Waals surface area contributed by atoms with Gasteiger partial charge in [0.25, 0.3) is 0 Å². The van der Waals surface area contributed by atoms with E-state index in [1.807, 2.05) is 6.07 Å². The first-order valence-electron chi connectivity index (χ1n) is 3.50. The van der Waals surface area contributed by atoms with Gasteiger partial charge in [0.1, 0.15) is 0 Å². The second-order valence-corrected chi connectivity index (χ2v) is 2.39. The van der Waals surface area contributed by atoms with Crippen molar-refractivity contribution in [2.24, 2.45) is 0 Å². The summed E-state index contributed by atoms with van der Waals surface area (Å²) in [6.45, 7) is 0. The second kappa shape index (κ2) is 6.45. The molecule has 3 nitrogen and oxygen atoms in total. The molecular weight excluding hydrogens is 195 g/mol. The first-order chi connectivity index (χ1) is 5.70. The summed E-state index contributed by atoms with van der Waals surface area (Å²) in [5.41, 5.74) is 0.727. The first-order valence-corrected chi connectivity index (χ1v) is 3.50. The zero-order valence-corrected chi connectivity index (χ0v) is 10.5. The second-order valence-electron chi connectivity index (χ2n) is 2.39. The average molecular weight is 203 g/mol. The van der Waals surface area contributed by atoms with Gasteiger partial charge in [-0.05, 0) is 5.56 Å². The molecule has 0 saturated heterocycles. The molecule has 0 bridgehead atoms. The maximum atomic E-state index is 10.7. The Bertz CT molecular complexity index is 295. The van der Waals surface area contributed by atoms with Crippen molar-refractivity contribution in [1.29, 1.82) is 0 Å². The van der Waals surface area contributed by atoms with Gasteiger partial charge in [-0.3, -0.25) is 4.79 Å². The number of carbonyl (C=O) groups excluding carboxylic acids is 1. The Kier molecular flexibility index (Phi) is 6.45. The molecule has 1 aromatic rings. The van der Waals surface area contributed by atoms with E-state index in [0.29, 0.717) is 0 Å².